The van der Waals surface area contributed by atoms with E-state index >= 15 is 0 Å². The lowest BCUT2D eigenvalue weighted by molar-refractivity contribution is -0.385. The maximum absolute atomic E-state index is 13.7. The predicted molar refractivity (Wildman–Crippen MR) is 76.9 cm³/mol. The first kappa shape index (κ1) is 15.1. The van der Waals surface area contributed by atoms with Gasteiger partial charge in [0.15, 0.2) is 0 Å². The summed E-state index contributed by atoms with van der Waals surface area (Å²) in [6.07, 6.45) is 0. The molecule has 1 atom stereocenters. The van der Waals surface area contributed by atoms with Gasteiger partial charge in [0.25, 0.3) is 0 Å². The molecule has 0 saturated heterocycles. The molecule has 1 unspecified atom stereocenters. The zero-order chi connectivity index (χ0) is 15.6. The highest BCUT2D eigenvalue weighted by molar-refractivity contribution is 6.28. The summed E-state index contributed by atoms with van der Waals surface area (Å²) in [5.41, 5.74) is 0.241. The van der Waals surface area contributed by atoms with E-state index in [2.05, 4.69) is 15.3 Å². The molecule has 0 amide bonds. The molecule has 0 saturated carbocycles. The van der Waals surface area contributed by atoms with E-state index in [1.807, 2.05) is 0 Å². The minimum atomic E-state index is -0.595. The predicted octanol–water partition coefficient (Wildman–Crippen LogP) is 3.66. The number of nitro groups is 1. The maximum atomic E-state index is 13.7. The van der Waals surface area contributed by atoms with Crippen LogP contribution in [0.3, 0.4) is 0 Å². The Labute approximate surface area is 125 Å². The lowest BCUT2D eigenvalue weighted by atomic mass is 10.1. The molecule has 6 nitrogen and oxygen atoms in total. The number of nitrogens with one attached hydrogen (secondary N) is 1. The molecule has 2 rings (SSSR count). The van der Waals surface area contributed by atoms with Gasteiger partial charge >= 0.3 is 5.69 Å². The average Bonchev–Trinajstić information content (AvgIpc) is 2.37. The smallest absolute Gasteiger partial charge is 0.332 e. The van der Waals surface area contributed by atoms with Crippen molar-refractivity contribution >= 4 is 23.1 Å². The molecule has 110 valence electrons. The Morgan fingerprint density at radius 1 is 1.38 bits per heavy atom. The molecule has 2 aromatic rings. The van der Waals surface area contributed by atoms with Gasteiger partial charge in [-0.1, -0.05) is 18.2 Å². The van der Waals surface area contributed by atoms with Crippen LogP contribution in [0.4, 0.5) is 15.9 Å². The summed E-state index contributed by atoms with van der Waals surface area (Å²) in [4.78, 5) is 18.1. The molecule has 0 radical (unpaired) electrons. The van der Waals surface area contributed by atoms with Crippen LogP contribution >= 0.6 is 11.6 Å². The third kappa shape index (κ3) is 3.25. The second kappa shape index (κ2) is 6.01. The van der Waals surface area contributed by atoms with E-state index in [4.69, 9.17) is 11.6 Å². The number of aryl methyl sites for hydroxylation is 1. The summed E-state index contributed by atoms with van der Waals surface area (Å²) < 4.78 is 13.7. The van der Waals surface area contributed by atoms with Crippen molar-refractivity contribution in [3.05, 3.63) is 56.7 Å². The molecule has 1 heterocycles. The van der Waals surface area contributed by atoms with Gasteiger partial charge < -0.3 is 5.32 Å². The third-order valence-electron chi connectivity index (χ3n) is 2.94. The van der Waals surface area contributed by atoms with Crippen molar-refractivity contribution in [2.45, 2.75) is 19.9 Å². The number of hydrogen-bond donors (Lipinski definition) is 1. The number of rotatable bonds is 4. The highest BCUT2D eigenvalue weighted by Gasteiger charge is 2.23. The molecule has 21 heavy (non-hydrogen) atoms. The highest BCUT2D eigenvalue weighted by Crippen LogP contribution is 2.30. The first-order chi connectivity index (χ1) is 9.90. The van der Waals surface area contributed by atoms with Gasteiger partial charge in [-0.05, 0) is 31.5 Å². The van der Waals surface area contributed by atoms with Crippen molar-refractivity contribution in [1.82, 2.24) is 9.97 Å². The molecule has 0 fully saturated rings. The van der Waals surface area contributed by atoms with Crippen molar-refractivity contribution in [3.63, 3.8) is 0 Å². The van der Waals surface area contributed by atoms with Gasteiger partial charge in [-0.15, -0.1) is 0 Å². The Kier molecular flexibility index (Phi) is 4.32. The number of benzene rings is 1. The molecule has 0 bridgehead atoms. The molecule has 1 aromatic heterocycles. The van der Waals surface area contributed by atoms with E-state index in [1.165, 1.54) is 13.0 Å². The summed E-state index contributed by atoms with van der Waals surface area (Å²) in [6.45, 7) is 3.14. The van der Waals surface area contributed by atoms with Crippen LogP contribution in [0.15, 0.2) is 24.3 Å². The molecule has 0 aliphatic heterocycles. The minimum Gasteiger partial charge on any atom is -0.358 e. The fourth-order valence-corrected chi connectivity index (χ4v) is 2.17. The lowest BCUT2D eigenvalue weighted by Crippen LogP contribution is -2.12. The van der Waals surface area contributed by atoms with Gasteiger partial charge in [0.05, 0.1) is 11.0 Å². The zero-order valence-corrected chi connectivity index (χ0v) is 12.1. The number of nitrogens with zero attached hydrogens (tertiary/aromatic N) is 3. The van der Waals surface area contributed by atoms with Gasteiger partial charge in [-0.3, -0.25) is 10.1 Å². The van der Waals surface area contributed by atoms with Gasteiger partial charge in [0.1, 0.15) is 11.5 Å². The summed E-state index contributed by atoms with van der Waals surface area (Å²) in [5, 5.41) is 13.8. The normalized spacial score (nSPS) is 12.0. The summed E-state index contributed by atoms with van der Waals surface area (Å²) in [7, 11) is 0. The first-order valence-electron chi connectivity index (χ1n) is 6.09. The van der Waals surface area contributed by atoms with E-state index in [0.29, 0.717) is 5.56 Å². The van der Waals surface area contributed by atoms with Crippen molar-refractivity contribution < 1.29 is 9.31 Å². The van der Waals surface area contributed by atoms with E-state index in [-0.39, 0.29) is 22.5 Å². The van der Waals surface area contributed by atoms with Gasteiger partial charge in [0.2, 0.25) is 11.1 Å². The maximum Gasteiger partial charge on any atom is 0.332 e. The van der Waals surface area contributed by atoms with Crippen molar-refractivity contribution in [1.29, 1.82) is 0 Å². The molecule has 8 heteroatoms. The van der Waals surface area contributed by atoms with Crippen LogP contribution < -0.4 is 5.32 Å². The Morgan fingerprint density at radius 2 is 2.05 bits per heavy atom. The van der Waals surface area contributed by atoms with Crippen LogP contribution in [-0.2, 0) is 0 Å². The van der Waals surface area contributed by atoms with Gasteiger partial charge in [-0.2, -0.15) is 4.98 Å². The second-order valence-corrected chi connectivity index (χ2v) is 4.76. The molecular formula is C13H12ClFN4O2. The summed E-state index contributed by atoms with van der Waals surface area (Å²) in [5.74, 6) is -0.440. The van der Waals surface area contributed by atoms with Crippen LogP contribution in [0.2, 0.25) is 5.28 Å². The van der Waals surface area contributed by atoms with E-state index in [9.17, 15) is 14.5 Å². The van der Waals surface area contributed by atoms with Crippen molar-refractivity contribution in [3.8, 4) is 0 Å². The molecule has 1 aromatic carbocycles. The third-order valence-corrected chi connectivity index (χ3v) is 3.11. The second-order valence-electron chi connectivity index (χ2n) is 4.42. The first-order valence-corrected chi connectivity index (χ1v) is 6.47. The highest BCUT2D eigenvalue weighted by atomic mass is 35.5. The summed E-state index contributed by atoms with van der Waals surface area (Å²) in [6, 6.07) is 5.65. The van der Waals surface area contributed by atoms with Crippen molar-refractivity contribution in [2.24, 2.45) is 0 Å². The Hall–Kier alpha value is -2.28. The summed E-state index contributed by atoms with van der Waals surface area (Å²) >= 11 is 5.73. The van der Waals surface area contributed by atoms with Crippen LogP contribution in [0.5, 0.6) is 0 Å². The molecule has 0 aliphatic carbocycles. The monoisotopic (exact) mass is 310 g/mol. The number of anilines is 1. The quantitative estimate of drug-likeness (QED) is 0.529. The van der Waals surface area contributed by atoms with Crippen molar-refractivity contribution in [2.75, 3.05) is 5.32 Å². The standard InChI is InChI=1S/C13H12ClFN4O2/c1-7(9-5-3-4-6-10(9)15)16-12-11(19(20)21)8(2)17-13(14)18-12/h3-7H,1-2H3,(H,16,17,18). The topological polar surface area (TPSA) is 81.0 Å². The number of hydrogen-bond acceptors (Lipinski definition) is 5. The molecule has 1 N–H and O–H groups in total. The number of halogens is 2. The average molecular weight is 311 g/mol. The van der Waals surface area contributed by atoms with E-state index < -0.39 is 16.8 Å². The van der Waals surface area contributed by atoms with Gasteiger partial charge in [-0.25, -0.2) is 9.37 Å². The van der Waals surface area contributed by atoms with Gasteiger partial charge in [0, 0.05) is 5.56 Å². The Bertz CT molecular complexity index is 696. The van der Waals surface area contributed by atoms with E-state index in [1.54, 1.807) is 25.1 Å². The lowest BCUT2D eigenvalue weighted by Gasteiger charge is -2.16. The fourth-order valence-electron chi connectivity index (χ4n) is 1.96. The van der Waals surface area contributed by atoms with Crippen LogP contribution in [0.1, 0.15) is 24.2 Å². The largest absolute Gasteiger partial charge is 0.358 e. The molecule has 0 spiro atoms. The van der Waals surface area contributed by atoms with E-state index in [0.717, 1.165) is 0 Å². The van der Waals surface area contributed by atoms with Crippen LogP contribution in [0.25, 0.3) is 0 Å². The molecule has 0 aliphatic rings. The Balaban J connectivity index is 2.40. The Morgan fingerprint density at radius 3 is 2.67 bits per heavy atom. The number of aromatic nitrogens is 2. The minimum absolute atomic E-state index is 0.0340. The molecular weight excluding hydrogens is 299 g/mol. The SMILES string of the molecule is Cc1nc(Cl)nc(NC(C)c2ccccc2F)c1[N+](=O)[O-]. The van der Waals surface area contributed by atoms with Crippen LogP contribution in [0, 0.1) is 22.9 Å². The van der Waals surface area contributed by atoms with Crippen LogP contribution in [-0.4, -0.2) is 14.9 Å². The zero-order valence-electron chi connectivity index (χ0n) is 11.3. The fraction of sp³-hybridized carbons (Fsp3) is 0.231.